The molecule has 5 heteroatoms. The number of hydrogen-bond acceptors (Lipinski definition) is 3. The van der Waals surface area contributed by atoms with E-state index in [1.54, 1.807) is 0 Å². The van der Waals surface area contributed by atoms with E-state index in [0.29, 0.717) is 24.3 Å². The minimum absolute atomic E-state index is 0. The van der Waals surface area contributed by atoms with Crippen LogP contribution < -0.4 is 0 Å². The summed E-state index contributed by atoms with van der Waals surface area (Å²) in [5, 5.41) is 9.67. The molecule has 132 valence electrons. The number of aryl methyl sites for hydroxylation is 1. The van der Waals surface area contributed by atoms with E-state index < -0.39 is 17.4 Å². The van der Waals surface area contributed by atoms with Crippen molar-refractivity contribution in [2.45, 2.75) is 62.7 Å². The molecule has 2 aliphatic carbocycles. The van der Waals surface area contributed by atoms with Crippen molar-refractivity contribution in [2.24, 2.45) is 0 Å². The summed E-state index contributed by atoms with van der Waals surface area (Å²) in [6.45, 7) is 0. The lowest BCUT2D eigenvalue weighted by atomic mass is 9.81. The van der Waals surface area contributed by atoms with Crippen LogP contribution in [0.1, 0.15) is 67.6 Å². The smallest absolute Gasteiger partial charge is 0.327 e. The number of aliphatic carboxylic acids is 1. The number of esters is 1. The molecule has 1 atom stereocenters. The SMILES string of the molecule is COC(=O)C1(C(=O)O)CCc2cc(C3CCCCCC3)ccc21.Cl. The highest BCUT2D eigenvalue weighted by atomic mass is 35.5. The van der Waals surface area contributed by atoms with E-state index in [2.05, 4.69) is 6.07 Å². The minimum atomic E-state index is -1.52. The maximum Gasteiger partial charge on any atom is 0.327 e. The molecule has 1 aromatic carbocycles. The molecule has 0 radical (unpaired) electrons. The van der Waals surface area contributed by atoms with Gasteiger partial charge in [0.1, 0.15) is 0 Å². The van der Waals surface area contributed by atoms with Gasteiger partial charge in [-0.15, -0.1) is 12.4 Å². The van der Waals surface area contributed by atoms with Crippen molar-refractivity contribution in [1.82, 2.24) is 0 Å². The molecule has 0 spiro atoms. The Morgan fingerprint density at radius 3 is 2.42 bits per heavy atom. The lowest BCUT2D eigenvalue weighted by molar-refractivity contribution is -0.159. The van der Waals surface area contributed by atoms with Crippen molar-refractivity contribution in [1.29, 1.82) is 0 Å². The first-order valence-electron chi connectivity index (χ1n) is 8.54. The third-order valence-electron chi connectivity index (χ3n) is 5.58. The number of methoxy groups -OCH3 is 1. The van der Waals surface area contributed by atoms with Crippen LogP contribution in [0.15, 0.2) is 18.2 Å². The van der Waals surface area contributed by atoms with Gasteiger partial charge in [0, 0.05) is 0 Å². The van der Waals surface area contributed by atoms with Crippen LogP contribution >= 0.6 is 12.4 Å². The summed E-state index contributed by atoms with van der Waals surface area (Å²) in [6, 6.07) is 6.02. The first kappa shape index (κ1) is 18.8. The van der Waals surface area contributed by atoms with Crippen LogP contribution in [-0.2, 0) is 26.2 Å². The number of carboxylic acid groups (broad SMARTS) is 1. The molecular formula is C19H25ClO4. The highest BCUT2D eigenvalue weighted by molar-refractivity contribution is 6.06. The average Bonchev–Trinajstić information content (AvgIpc) is 2.75. The number of carboxylic acids is 1. The van der Waals surface area contributed by atoms with Gasteiger partial charge in [-0.2, -0.15) is 0 Å². The summed E-state index contributed by atoms with van der Waals surface area (Å²) in [6.07, 6.45) is 8.49. The maximum absolute atomic E-state index is 12.2. The fourth-order valence-electron chi connectivity index (χ4n) is 4.26. The summed E-state index contributed by atoms with van der Waals surface area (Å²) in [5.41, 5.74) is 1.40. The lowest BCUT2D eigenvalue weighted by Crippen LogP contribution is -2.42. The molecule has 2 aliphatic rings. The molecule has 0 amide bonds. The van der Waals surface area contributed by atoms with E-state index in [1.807, 2.05) is 12.1 Å². The number of ether oxygens (including phenoxy) is 1. The van der Waals surface area contributed by atoms with Crippen molar-refractivity contribution in [3.05, 3.63) is 34.9 Å². The van der Waals surface area contributed by atoms with Crippen molar-refractivity contribution >= 4 is 24.3 Å². The Morgan fingerprint density at radius 2 is 1.83 bits per heavy atom. The van der Waals surface area contributed by atoms with Gasteiger partial charge >= 0.3 is 11.9 Å². The number of hydrogen-bond donors (Lipinski definition) is 1. The summed E-state index contributed by atoms with van der Waals surface area (Å²) in [7, 11) is 1.25. The molecule has 0 saturated heterocycles. The van der Waals surface area contributed by atoms with Gasteiger partial charge in [-0.1, -0.05) is 43.9 Å². The van der Waals surface area contributed by atoms with Crippen LogP contribution in [0, 0.1) is 0 Å². The number of carbonyl (C=O) groups is 2. The van der Waals surface area contributed by atoms with Crippen LogP contribution in [0.3, 0.4) is 0 Å². The first-order valence-corrected chi connectivity index (χ1v) is 8.54. The fraction of sp³-hybridized carbons (Fsp3) is 0.579. The molecule has 0 aromatic heterocycles. The van der Waals surface area contributed by atoms with Crippen LogP contribution in [0.5, 0.6) is 0 Å². The van der Waals surface area contributed by atoms with E-state index >= 15 is 0 Å². The van der Waals surface area contributed by atoms with Gasteiger partial charge in [0.15, 0.2) is 5.41 Å². The monoisotopic (exact) mass is 352 g/mol. The molecule has 1 unspecified atom stereocenters. The van der Waals surface area contributed by atoms with E-state index in [9.17, 15) is 14.7 Å². The molecule has 4 nitrogen and oxygen atoms in total. The molecule has 1 fully saturated rings. The zero-order valence-electron chi connectivity index (χ0n) is 14.0. The van der Waals surface area contributed by atoms with Crippen LogP contribution in [-0.4, -0.2) is 24.2 Å². The standard InChI is InChI=1S/C19H24O4.ClH/c1-23-18(22)19(17(20)21)11-10-15-12-14(8-9-16(15)19)13-6-4-2-3-5-7-13;/h8-9,12-13H,2-7,10-11H2,1H3,(H,20,21);1H. The van der Waals surface area contributed by atoms with Gasteiger partial charge in [-0.3, -0.25) is 9.59 Å². The quantitative estimate of drug-likeness (QED) is 0.507. The van der Waals surface area contributed by atoms with Crippen LogP contribution in [0.2, 0.25) is 0 Å². The zero-order chi connectivity index (χ0) is 16.4. The van der Waals surface area contributed by atoms with E-state index in [4.69, 9.17) is 4.74 Å². The molecule has 0 bridgehead atoms. The van der Waals surface area contributed by atoms with E-state index in [-0.39, 0.29) is 12.4 Å². The second kappa shape index (κ2) is 7.56. The number of halogens is 1. The van der Waals surface area contributed by atoms with Crippen molar-refractivity contribution < 1.29 is 19.4 Å². The van der Waals surface area contributed by atoms with Crippen molar-refractivity contribution in [3.8, 4) is 0 Å². The maximum atomic E-state index is 12.2. The van der Waals surface area contributed by atoms with Gasteiger partial charge in [0.2, 0.25) is 0 Å². The second-order valence-electron chi connectivity index (χ2n) is 6.81. The normalized spacial score (nSPS) is 23.7. The molecule has 24 heavy (non-hydrogen) atoms. The predicted molar refractivity (Wildman–Crippen MR) is 93.8 cm³/mol. The number of benzene rings is 1. The summed E-state index contributed by atoms with van der Waals surface area (Å²) in [5.74, 6) is -1.20. The van der Waals surface area contributed by atoms with Gasteiger partial charge in [-0.05, 0) is 48.3 Å². The van der Waals surface area contributed by atoms with Gasteiger partial charge in [-0.25, -0.2) is 0 Å². The predicted octanol–water partition coefficient (Wildman–Crippen LogP) is 3.99. The molecule has 1 aromatic rings. The Kier molecular flexibility index (Phi) is 5.92. The highest BCUT2D eigenvalue weighted by Gasteiger charge is 2.53. The molecule has 0 heterocycles. The number of rotatable bonds is 3. The Balaban J connectivity index is 0.00000208. The topological polar surface area (TPSA) is 63.6 Å². The molecular weight excluding hydrogens is 328 g/mol. The van der Waals surface area contributed by atoms with Gasteiger partial charge < -0.3 is 9.84 Å². The van der Waals surface area contributed by atoms with E-state index in [0.717, 1.165) is 5.56 Å². The molecule has 1 N–H and O–H groups in total. The van der Waals surface area contributed by atoms with E-state index in [1.165, 1.54) is 51.2 Å². The summed E-state index contributed by atoms with van der Waals surface area (Å²) >= 11 is 0. The van der Waals surface area contributed by atoms with Crippen LogP contribution in [0.4, 0.5) is 0 Å². The number of carbonyl (C=O) groups excluding carboxylic acids is 1. The van der Waals surface area contributed by atoms with Crippen molar-refractivity contribution in [2.75, 3.05) is 7.11 Å². The van der Waals surface area contributed by atoms with Gasteiger partial charge in [0.25, 0.3) is 0 Å². The number of fused-ring (bicyclic) bond motifs is 1. The van der Waals surface area contributed by atoms with Crippen LogP contribution in [0.25, 0.3) is 0 Å². The third kappa shape index (κ3) is 3.04. The van der Waals surface area contributed by atoms with Gasteiger partial charge in [0.05, 0.1) is 7.11 Å². The lowest BCUT2D eigenvalue weighted by Gasteiger charge is -2.23. The third-order valence-corrected chi connectivity index (χ3v) is 5.58. The average molecular weight is 353 g/mol. The zero-order valence-corrected chi connectivity index (χ0v) is 14.9. The highest BCUT2D eigenvalue weighted by Crippen LogP contribution is 2.42. The fourth-order valence-corrected chi connectivity index (χ4v) is 4.26. The largest absolute Gasteiger partial charge is 0.480 e. The summed E-state index contributed by atoms with van der Waals surface area (Å²) in [4.78, 5) is 24.0. The second-order valence-corrected chi connectivity index (χ2v) is 6.81. The Labute approximate surface area is 149 Å². The minimum Gasteiger partial charge on any atom is -0.480 e. The first-order chi connectivity index (χ1) is 11.1. The van der Waals surface area contributed by atoms with Crippen molar-refractivity contribution in [3.63, 3.8) is 0 Å². The molecule has 1 saturated carbocycles. The Morgan fingerprint density at radius 1 is 1.17 bits per heavy atom. The summed E-state index contributed by atoms with van der Waals surface area (Å²) < 4.78 is 4.80. The molecule has 3 rings (SSSR count). The Hall–Kier alpha value is -1.55. The Bertz CT molecular complexity index is 620. The molecule has 0 aliphatic heterocycles.